The van der Waals surface area contributed by atoms with Gasteiger partial charge in [0.25, 0.3) is 0 Å². The van der Waals surface area contributed by atoms with Crippen LogP contribution >= 0.6 is 12.4 Å². The molecule has 12 heavy (non-hydrogen) atoms. The second kappa shape index (κ2) is 11.2. The predicted molar refractivity (Wildman–Crippen MR) is 55.6 cm³/mol. The van der Waals surface area contributed by atoms with E-state index < -0.39 is 0 Å². The van der Waals surface area contributed by atoms with Gasteiger partial charge in [-0.05, 0) is 32.2 Å². The van der Waals surface area contributed by atoms with Crippen molar-refractivity contribution in [1.29, 1.82) is 0 Å². The highest BCUT2D eigenvalue weighted by atomic mass is 35.5. The van der Waals surface area contributed by atoms with Gasteiger partial charge in [-0.1, -0.05) is 19.3 Å². The molecule has 1 aliphatic carbocycles. The zero-order chi connectivity index (χ0) is 8.53. The second-order valence-electron chi connectivity index (χ2n) is 3.06. The summed E-state index contributed by atoms with van der Waals surface area (Å²) in [6.45, 7) is 2.85. The minimum atomic E-state index is 0. The summed E-state index contributed by atoms with van der Waals surface area (Å²) < 4.78 is 0. The van der Waals surface area contributed by atoms with Crippen LogP contribution in [0.1, 0.15) is 39.0 Å². The Hall–Kier alpha value is 0.210. The first-order valence-electron chi connectivity index (χ1n) is 4.66. The number of halogens is 1. The highest BCUT2D eigenvalue weighted by molar-refractivity contribution is 5.85. The topological polar surface area (TPSA) is 46.2 Å². The van der Waals surface area contributed by atoms with Gasteiger partial charge in [-0.3, -0.25) is 0 Å². The zero-order valence-electron chi connectivity index (χ0n) is 7.96. The Balaban J connectivity index is 0. The van der Waals surface area contributed by atoms with Crippen molar-refractivity contribution in [3.8, 4) is 0 Å². The van der Waals surface area contributed by atoms with Crippen LogP contribution in [0.15, 0.2) is 0 Å². The molecule has 2 nitrogen and oxygen atoms in total. The summed E-state index contributed by atoms with van der Waals surface area (Å²) in [6, 6.07) is 0. The molecule has 76 valence electrons. The molecular formula is C9H22ClNO. The highest BCUT2D eigenvalue weighted by Crippen LogP contribution is 2.21. The molecule has 0 bridgehead atoms. The lowest BCUT2D eigenvalue weighted by Crippen LogP contribution is -2.16. The maximum absolute atomic E-state index is 7.57. The van der Waals surface area contributed by atoms with Gasteiger partial charge in [0.1, 0.15) is 0 Å². The monoisotopic (exact) mass is 195 g/mol. The third kappa shape index (κ3) is 8.31. The van der Waals surface area contributed by atoms with Crippen molar-refractivity contribution < 1.29 is 5.11 Å². The van der Waals surface area contributed by atoms with Gasteiger partial charge >= 0.3 is 0 Å². The van der Waals surface area contributed by atoms with E-state index in [-0.39, 0.29) is 19.0 Å². The van der Waals surface area contributed by atoms with Crippen LogP contribution in [-0.4, -0.2) is 18.3 Å². The molecule has 0 radical (unpaired) electrons. The molecular weight excluding hydrogens is 174 g/mol. The van der Waals surface area contributed by atoms with E-state index in [2.05, 4.69) is 0 Å². The zero-order valence-corrected chi connectivity index (χ0v) is 8.78. The van der Waals surface area contributed by atoms with E-state index in [0.717, 1.165) is 12.5 Å². The van der Waals surface area contributed by atoms with E-state index >= 15 is 0 Å². The van der Waals surface area contributed by atoms with Crippen LogP contribution in [0.3, 0.4) is 0 Å². The van der Waals surface area contributed by atoms with Gasteiger partial charge in [0.15, 0.2) is 0 Å². The SMILES string of the molecule is CCO.Cl.NCC1CCCCC1. The van der Waals surface area contributed by atoms with Gasteiger partial charge in [-0.2, -0.15) is 0 Å². The molecule has 3 N–H and O–H groups in total. The number of hydrogen-bond acceptors (Lipinski definition) is 2. The fraction of sp³-hybridized carbons (Fsp3) is 1.00. The molecule has 0 amide bonds. The first-order valence-corrected chi connectivity index (χ1v) is 4.66. The molecule has 0 atom stereocenters. The fourth-order valence-electron chi connectivity index (χ4n) is 1.42. The average Bonchev–Trinajstić information content (AvgIpc) is 2.08. The van der Waals surface area contributed by atoms with Gasteiger partial charge in [0, 0.05) is 6.61 Å². The summed E-state index contributed by atoms with van der Waals surface area (Å²) >= 11 is 0. The smallest absolute Gasteiger partial charge is 0.0402 e. The van der Waals surface area contributed by atoms with E-state index in [1.54, 1.807) is 6.92 Å². The molecule has 0 aromatic heterocycles. The van der Waals surface area contributed by atoms with E-state index in [4.69, 9.17) is 10.8 Å². The molecule has 1 rings (SSSR count). The van der Waals surface area contributed by atoms with Gasteiger partial charge in [0.2, 0.25) is 0 Å². The summed E-state index contributed by atoms with van der Waals surface area (Å²) in [7, 11) is 0. The second-order valence-corrected chi connectivity index (χ2v) is 3.06. The molecule has 0 aliphatic heterocycles. The lowest BCUT2D eigenvalue weighted by atomic mass is 9.90. The van der Waals surface area contributed by atoms with E-state index in [1.165, 1.54) is 32.1 Å². The Labute approximate surface area is 81.9 Å². The first-order chi connectivity index (χ1) is 5.35. The van der Waals surface area contributed by atoms with Gasteiger partial charge in [-0.25, -0.2) is 0 Å². The van der Waals surface area contributed by atoms with Crippen molar-refractivity contribution in [2.45, 2.75) is 39.0 Å². The van der Waals surface area contributed by atoms with Crippen LogP contribution in [0, 0.1) is 5.92 Å². The van der Waals surface area contributed by atoms with E-state index in [0.29, 0.717) is 0 Å². The standard InChI is InChI=1S/C7H15N.C2H6O.ClH/c8-6-7-4-2-1-3-5-7;1-2-3;/h7H,1-6,8H2;3H,2H2,1H3;1H. The maximum atomic E-state index is 7.57. The van der Waals surface area contributed by atoms with Crippen LogP contribution in [0.5, 0.6) is 0 Å². The Kier molecular flexibility index (Phi) is 13.7. The minimum absolute atomic E-state index is 0. The van der Waals surface area contributed by atoms with Gasteiger partial charge in [0.05, 0.1) is 0 Å². The largest absolute Gasteiger partial charge is 0.397 e. The van der Waals surface area contributed by atoms with Crippen LogP contribution in [-0.2, 0) is 0 Å². The Bertz CT molecular complexity index is 74.9. The third-order valence-electron chi connectivity index (χ3n) is 2.06. The molecule has 1 aliphatic rings. The number of rotatable bonds is 1. The average molecular weight is 196 g/mol. The van der Waals surface area contributed by atoms with Gasteiger partial charge < -0.3 is 10.8 Å². The Morgan fingerprint density at radius 1 is 1.25 bits per heavy atom. The van der Waals surface area contributed by atoms with Crippen molar-refractivity contribution >= 4 is 12.4 Å². The summed E-state index contributed by atoms with van der Waals surface area (Å²) in [5.41, 5.74) is 5.50. The van der Waals surface area contributed by atoms with Crippen molar-refractivity contribution in [2.75, 3.05) is 13.2 Å². The minimum Gasteiger partial charge on any atom is -0.397 e. The summed E-state index contributed by atoms with van der Waals surface area (Å²) in [5, 5.41) is 7.57. The van der Waals surface area contributed by atoms with E-state index in [1.807, 2.05) is 0 Å². The van der Waals surface area contributed by atoms with Crippen molar-refractivity contribution in [2.24, 2.45) is 11.7 Å². The number of nitrogens with two attached hydrogens (primary N) is 1. The van der Waals surface area contributed by atoms with Crippen LogP contribution < -0.4 is 5.73 Å². The van der Waals surface area contributed by atoms with Crippen molar-refractivity contribution in [3.63, 3.8) is 0 Å². The Morgan fingerprint density at radius 2 is 1.67 bits per heavy atom. The van der Waals surface area contributed by atoms with Crippen LogP contribution in [0.4, 0.5) is 0 Å². The normalized spacial score (nSPS) is 17.2. The molecule has 0 aromatic carbocycles. The summed E-state index contributed by atoms with van der Waals surface area (Å²) in [4.78, 5) is 0. The van der Waals surface area contributed by atoms with E-state index in [9.17, 15) is 0 Å². The van der Waals surface area contributed by atoms with Crippen LogP contribution in [0.25, 0.3) is 0 Å². The molecule has 3 heteroatoms. The Morgan fingerprint density at radius 3 is 1.92 bits per heavy atom. The fourth-order valence-corrected chi connectivity index (χ4v) is 1.42. The quantitative estimate of drug-likeness (QED) is 0.672. The predicted octanol–water partition coefficient (Wildman–Crippen LogP) is 1.95. The molecule has 0 unspecified atom stereocenters. The first kappa shape index (κ1) is 14.7. The summed E-state index contributed by atoms with van der Waals surface area (Å²) in [5.74, 6) is 0.865. The number of hydrogen-bond donors (Lipinski definition) is 2. The molecule has 0 spiro atoms. The van der Waals surface area contributed by atoms with Gasteiger partial charge in [-0.15, -0.1) is 12.4 Å². The highest BCUT2D eigenvalue weighted by Gasteiger charge is 2.09. The maximum Gasteiger partial charge on any atom is 0.0402 e. The summed E-state index contributed by atoms with van der Waals surface area (Å²) in [6.07, 6.45) is 7.05. The molecule has 1 fully saturated rings. The molecule has 0 heterocycles. The number of aliphatic hydroxyl groups is 1. The van der Waals surface area contributed by atoms with Crippen molar-refractivity contribution in [1.82, 2.24) is 0 Å². The van der Waals surface area contributed by atoms with Crippen molar-refractivity contribution in [3.05, 3.63) is 0 Å². The lowest BCUT2D eigenvalue weighted by Gasteiger charge is -2.18. The molecule has 1 saturated carbocycles. The van der Waals surface area contributed by atoms with Crippen LogP contribution in [0.2, 0.25) is 0 Å². The third-order valence-corrected chi connectivity index (χ3v) is 2.06. The lowest BCUT2D eigenvalue weighted by molar-refractivity contribution is 0.318. The molecule has 0 saturated heterocycles. The number of aliphatic hydroxyl groups excluding tert-OH is 1. The molecule has 0 aromatic rings.